The molecular weight excluding hydrogens is 293 g/mol. The Bertz CT molecular complexity index is 569. The normalized spacial score (nSPS) is 11.8. The predicted molar refractivity (Wildman–Crippen MR) is 63.6 cm³/mol. The molecule has 0 aliphatic heterocycles. The number of nitrogens with one attached hydrogen (secondary N) is 1. The minimum atomic E-state index is -1.56. The molecule has 0 aromatic heterocycles. The summed E-state index contributed by atoms with van der Waals surface area (Å²) in [5.41, 5.74) is 3.73. The van der Waals surface area contributed by atoms with E-state index in [2.05, 4.69) is 0 Å². The van der Waals surface area contributed by atoms with E-state index in [0.29, 0.717) is 0 Å². The summed E-state index contributed by atoms with van der Waals surface area (Å²) in [7, 11) is 0. The Morgan fingerprint density at radius 3 is 2.14 bits per heavy atom. The molecule has 0 fully saturated rings. The molecule has 0 saturated carbocycles. The third kappa shape index (κ3) is 4.48. The van der Waals surface area contributed by atoms with Gasteiger partial charge in [0.15, 0.2) is 0 Å². The highest BCUT2D eigenvalue weighted by atomic mass is 19.1. The fourth-order valence-electron chi connectivity index (χ4n) is 1.53. The largest absolute Gasteiger partial charge is 0.480 e. The number of hydrogen-bond acceptors (Lipinski definition) is 3. The van der Waals surface area contributed by atoms with Crippen molar-refractivity contribution in [1.82, 2.24) is 5.32 Å². The van der Waals surface area contributed by atoms with Crippen LogP contribution in [0.2, 0.25) is 0 Å². The van der Waals surface area contributed by atoms with Crippen LogP contribution in [0.15, 0.2) is 12.1 Å². The van der Waals surface area contributed by atoms with Gasteiger partial charge >= 0.3 is 5.97 Å². The number of primary amides is 1. The van der Waals surface area contributed by atoms with Gasteiger partial charge in [0.25, 0.3) is 5.91 Å². The number of carboxylic acids is 1. The number of nitrogens with two attached hydrogens (primary N) is 1. The maximum atomic E-state index is 13.4. The van der Waals surface area contributed by atoms with E-state index >= 15 is 0 Å². The highest BCUT2D eigenvalue weighted by Crippen LogP contribution is 2.15. The zero-order valence-corrected chi connectivity index (χ0v) is 10.5. The molecule has 0 bridgehead atoms. The molecule has 21 heavy (non-hydrogen) atoms. The summed E-state index contributed by atoms with van der Waals surface area (Å²) in [5.74, 6) is -7.83. The van der Waals surface area contributed by atoms with E-state index in [4.69, 9.17) is 10.8 Å². The van der Waals surface area contributed by atoms with E-state index in [1.165, 1.54) is 0 Å². The number of carbonyl (C=O) groups is 3. The number of aliphatic carboxylic acids is 1. The topological polar surface area (TPSA) is 109 Å². The minimum absolute atomic E-state index is 0.289. The van der Waals surface area contributed by atoms with Gasteiger partial charge in [-0.3, -0.25) is 9.59 Å². The number of benzene rings is 1. The van der Waals surface area contributed by atoms with E-state index in [-0.39, 0.29) is 25.0 Å². The molecule has 9 heteroatoms. The van der Waals surface area contributed by atoms with Crippen LogP contribution in [0.3, 0.4) is 0 Å². The predicted octanol–water partition coefficient (Wildman–Crippen LogP) is 0.552. The number of carboxylic acid groups (broad SMARTS) is 1. The van der Waals surface area contributed by atoms with Gasteiger partial charge in [0.05, 0.1) is 0 Å². The van der Waals surface area contributed by atoms with Gasteiger partial charge in [0, 0.05) is 18.6 Å². The van der Waals surface area contributed by atoms with E-state index in [0.717, 1.165) is 0 Å². The van der Waals surface area contributed by atoms with E-state index < -0.39 is 46.8 Å². The molecule has 1 aromatic rings. The highest BCUT2D eigenvalue weighted by Gasteiger charge is 2.25. The van der Waals surface area contributed by atoms with Crippen LogP contribution in [0.5, 0.6) is 0 Å². The van der Waals surface area contributed by atoms with E-state index in [9.17, 15) is 27.6 Å². The maximum Gasteiger partial charge on any atom is 0.326 e. The lowest BCUT2D eigenvalue weighted by Crippen LogP contribution is -2.42. The Balaban J connectivity index is 2.92. The molecule has 1 atom stereocenters. The number of rotatable bonds is 6. The van der Waals surface area contributed by atoms with Crippen molar-refractivity contribution in [1.29, 1.82) is 0 Å². The van der Waals surface area contributed by atoms with Crippen LogP contribution in [0.4, 0.5) is 13.2 Å². The molecule has 0 aliphatic rings. The van der Waals surface area contributed by atoms with Crippen LogP contribution >= 0.6 is 0 Å². The van der Waals surface area contributed by atoms with Crippen molar-refractivity contribution >= 4 is 17.8 Å². The highest BCUT2D eigenvalue weighted by molar-refractivity contribution is 5.97. The number of halogens is 3. The van der Waals surface area contributed by atoms with Crippen LogP contribution in [-0.4, -0.2) is 28.9 Å². The molecule has 0 radical (unpaired) electrons. The zero-order chi connectivity index (χ0) is 16.2. The van der Waals surface area contributed by atoms with Crippen LogP contribution in [0.1, 0.15) is 23.2 Å². The molecule has 0 aliphatic carbocycles. The molecule has 2 amide bonds. The number of amides is 2. The molecule has 0 saturated heterocycles. The van der Waals surface area contributed by atoms with Crippen LogP contribution in [-0.2, 0) is 9.59 Å². The van der Waals surface area contributed by atoms with Crippen LogP contribution in [0.25, 0.3) is 0 Å². The average molecular weight is 304 g/mol. The van der Waals surface area contributed by atoms with Crippen molar-refractivity contribution in [3.63, 3.8) is 0 Å². The summed E-state index contributed by atoms with van der Waals surface area (Å²) < 4.78 is 39.4. The Labute approximate surface area is 116 Å². The second kappa shape index (κ2) is 6.73. The summed E-state index contributed by atoms with van der Waals surface area (Å²) in [6, 6.07) is -0.984. The van der Waals surface area contributed by atoms with Gasteiger partial charge in [-0.2, -0.15) is 0 Å². The lowest BCUT2D eigenvalue weighted by atomic mass is 10.1. The minimum Gasteiger partial charge on any atom is -0.480 e. The lowest BCUT2D eigenvalue weighted by Gasteiger charge is -2.14. The summed E-state index contributed by atoms with van der Waals surface area (Å²) in [5, 5.41) is 10.7. The first-order chi connectivity index (χ1) is 9.72. The lowest BCUT2D eigenvalue weighted by molar-refractivity contribution is -0.139. The van der Waals surface area contributed by atoms with E-state index in [1.807, 2.05) is 5.32 Å². The summed E-state index contributed by atoms with van der Waals surface area (Å²) in [6.45, 7) is 0. The second-order valence-electron chi connectivity index (χ2n) is 4.11. The molecule has 0 heterocycles. The average Bonchev–Trinajstić information content (AvgIpc) is 2.32. The van der Waals surface area contributed by atoms with Crippen molar-refractivity contribution in [2.75, 3.05) is 0 Å². The van der Waals surface area contributed by atoms with Crippen molar-refractivity contribution in [3.05, 3.63) is 35.1 Å². The van der Waals surface area contributed by atoms with Gasteiger partial charge in [-0.05, 0) is 6.42 Å². The molecule has 114 valence electrons. The van der Waals surface area contributed by atoms with Gasteiger partial charge in [0.2, 0.25) is 5.91 Å². The first kappa shape index (κ1) is 16.5. The Hall–Kier alpha value is -2.58. The molecular formula is C12H11F3N2O4. The smallest absolute Gasteiger partial charge is 0.326 e. The van der Waals surface area contributed by atoms with E-state index in [1.54, 1.807) is 0 Å². The molecule has 4 N–H and O–H groups in total. The first-order valence-electron chi connectivity index (χ1n) is 5.69. The quantitative estimate of drug-likeness (QED) is 0.713. The Morgan fingerprint density at radius 2 is 1.71 bits per heavy atom. The monoisotopic (exact) mass is 304 g/mol. The Kier molecular flexibility index (Phi) is 5.28. The molecule has 0 unspecified atom stereocenters. The number of carbonyl (C=O) groups excluding carboxylic acids is 2. The fourth-order valence-corrected chi connectivity index (χ4v) is 1.53. The van der Waals surface area contributed by atoms with Crippen molar-refractivity contribution in [3.8, 4) is 0 Å². The fraction of sp³-hybridized carbons (Fsp3) is 0.250. The first-order valence-corrected chi connectivity index (χ1v) is 5.69. The standard InChI is InChI=1S/C12H11F3N2O4/c13-5-3-6(14)10(7(15)4-5)11(19)17-8(12(20)21)1-2-9(16)18/h3-4,8H,1-2H2,(H2,16,18)(H,17,19)(H,20,21)/t8-/m0/s1. The van der Waals surface area contributed by atoms with Crippen LogP contribution < -0.4 is 11.1 Å². The third-order valence-corrected chi connectivity index (χ3v) is 2.52. The van der Waals surface area contributed by atoms with Gasteiger partial charge in [-0.1, -0.05) is 0 Å². The van der Waals surface area contributed by atoms with Gasteiger partial charge < -0.3 is 16.2 Å². The van der Waals surface area contributed by atoms with Gasteiger partial charge in [-0.15, -0.1) is 0 Å². The van der Waals surface area contributed by atoms with Gasteiger partial charge in [-0.25, -0.2) is 18.0 Å². The third-order valence-electron chi connectivity index (χ3n) is 2.52. The Morgan fingerprint density at radius 1 is 1.19 bits per heavy atom. The summed E-state index contributed by atoms with van der Waals surface area (Å²) in [6.07, 6.45) is -0.688. The second-order valence-corrected chi connectivity index (χ2v) is 4.11. The van der Waals surface area contributed by atoms with Crippen LogP contribution in [0, 0.1) is 17.5 Å². The molecule has 0 spiro atoms. The maximum absolute atomic E-state index is 13.4. The van der Waals surface area contributed by atoms with Crippen molar-refractivity contribution < 1.29 is 32.7 Å². The SMILES string of the molecule is NC(=O)CC[C@H](NC(=O)c1c(F)cc(F)cc1F)C(=O)O. The molecule has 6 nitrogen and oxygen atoms in total. The summed E-state index contributed by atoms with van der Waals surface area (Å²) in [4.78, 5) is 33.1. The molecule has 1 aromatic carbocycles. The zero-order valence-electron chi connectivity index (χ0n) is 10.5. The summed E-state index contributed by atoms with van der Waals surface area (Å²) >= 11 is 0. The van der Waals surface area contributed by atoms with Gasteiger partial charge in [0.1, 0.15) is 29.1 Å². The van der Waals surface area contributed by atoms with Crippen molar-refractivity contribution in [2.24, 2.45) is 5.73 Å². The number of hydrogen-bond donors (Lipinski definition) is 3. The molecule has 1 rings (SSSR count). The van der Waals surface area contributed by atoms with Crippen molar-refractivity contribution in [2.45, 2.75) is 18.9 Å².